The highest BCUT2D eigenvalue weighted by atomic mass is 32.1. The van der Waals surface area contributed by atoms with E-state index >= 15 is 0 Å². The second-order valence-electron chi connectivity index (χ2n) is 4.61. The van der Waals surface area contributed by atoms with Gasteiger partial charge in [-0.05, 0) is 49.9 Å². The number of thiazole rings is 1. The van der Waals surface area contributed by atoms with Crippen LogP contribution in [0.1, 0.15) is 31.2 Å². The van der Waals surface area contributed by atoms with Gasteiger partial charge in [-0.1, -0.05) is 13.3 Å². The topological polar surface area (TPSA) is 38.9 Å². The van der Waals surface area contributed by atoms with Crippen LogP contribution in [0, 0.1) is 11.7 Å². The van der Waals surface area contributed by atoms with E-state index in [4.69, 9.17) is 5.73 Å². The van der Waals surface area contributed by atoms with Crippen molar-refractivity contribution in [2.24, 2.45) is 11.7 Å². The molecule has 18 heavy (non-hydrogen) atoms. The molecule has 1 aromatic heterocycles. The molecule has 2 aromatic rings. The highest BCUT2D eigenvalue weighted by Crippen LogP contribution is 2.25. The Balaban J connectivity index is 2.03. The standard InChI is InChI=1S/C14H19FN2S/c1-2-10(7-8-16)3-6-14-17-12-5-4-11(15)9-13(12)18-14/h4-5,9-10H,2-3,6-8,16H2,1H3. The summed E-state index contributed by atoms with van der Waals surface area (Å²) in [5.41, 5.74) is 6.50. The van der Waals surface area contributed by atoms with Crippen molar-refractivity contribution in [3.05, 3.63) is 29.0 Å². The van der Waals surface area contributed by atoms with Gasteiger partial charge in [0.1, 0.15) is 5.82 Å². The quantitative estimate of drug-likeness (QED) is 0.865. The fraction of sp³-hybridized carbons (Fsp3) is 0.500. The van der Waals surface area contributed by atoms with Crippen LogP contribution in [0.5, 0.6) is 0 Å². The first-order valence-electron chi connectivity index (χ1n) is 6.48. The van der Waals surface area contributed by atoms with Gasteiger partial charge < -0.3 is 5.73 Å². The lowest BCUT2D eigenvalue weighted by molar-refractivity contribution is 0.443. The van der Waals surface area contributed by atoms with Gasteiger partial charge in [0, 0.05) is 0 Å². The van der Waals surface area contributed by atoms with Gasteiger partial charge in [-0.3, -0.25) is 0 Å². The maximum atomic E-state index is 13.1. The highest BCUT2D eigenvalue weighted by Gasteiger charge is 2.09. The number of nitrogens with two attached hydrogens (primary N) is 1. The van der Waals surface area contributed by atoms with Crippen molar-refractivity contribution in [3.63, 3.8) is 0 Å². The minimum atomic E-state index is -0.188. The van der Waals surface area contributed by atoms with Crippen molar-refractivity contribution in [2.45, 2.75) is 32.6 Å². The largest absolute Gasteiger partial charge is 0.330 e. The molecular formula is C14H19FN2S. The van der Waals surface area contributed by atoms with Crippen LogP contribution in [0.2, 0.25) is 0 Å². The molecule has 0 aliphatic heterocycles. The highest BCUT2D eigenvalue weighted by molar-refractivity contribution is 7.18. The fourth-order valence-corrected chi connectivity index (χ4v) is 3.18. The molecular weight excluding hydrogens is 247 g/mol. The Hall–Kier alpha value is -1.000. The Morgan fingerprint density at radius 2 is 2.22 bits per heavy atom. The second kappa shape index (κ2) is 6.25. The third-order valence-electron chi connectivity index (χ3n) is 3.31. The number of hydrogen-bond acceptors (Lipinski definition) is 3. The van der Waals surface area contributed by atoms with Crippen molar-refractivity contribution in [1.82, 2.24) is 4.98 Å². The molecule has 0 radical (unpaired) electrons. The average Bonchev–Trinajstić information content (AvgIpc) is 2.76. The smallest absolute Gasteiger partial charge is 0.124 e. The van der Waals surface area contributed by atoms with Crippen LogP contribution < -0.4 is 5.73 Å². The first kappa shape index (κ1) is 13.4. The Labute approximate surface area is 111 Å². The molecule has 1 unspecified atom stereocenters. The fourth-order valence-electron chi connectivity index (χ4n) is 2.17. The van der Waals surface area contributed by atoms with Gasteiger partial charge in [-0.15, -0.1) is 11.3 Å². The normalized spacial score (nSPS) is 13.1. The molecule has 0 aliphatic carbocycles. The van der Waals surface area contributed by atoms with E-state index in [1.165, 1.54) is 6.07 Å². The summed E-state index contributed by atoms with van der Waals surface area (Å²) in [4.78, 5) is 4.54. The predicted molar refractivity (Wildman–Crippen MR) is 75.4 cm³/mol. The summed E-state index contributed by atoms with van der Waals surface area (Å²) in [5, 5.41) is 1.10. The summed E-state index contributed by atoms with van der Waals surface area (Å²) < 4.78 is 14.0. The lowest BCUT2D eigenvalue weighted by Crippen LogP contribution is -2.08. The molecule has 98 valence electrons. The minimum Gasteiger partial charge on any atom is -0.330 e. The van der Waals surface area contributed by atoms with Crippen molar-refractivity contribution in [2.75, 3.05) is 6.54 Å². The molecule has 0 aliphatic rings. The van der Waals surface area contributed by atoms with Crippen LogP contribution in [0.4, 0.5) is 4.39 Å². The maximum Gasteiger partial charge on any atom is 0.124 e. The van der Waals surface area contributed by atoms with Crippen LogP contribution in [0.3, 0.4) is 0 Å². The first-order chi connectivity index (χ1) is 8.72. The van der Waals surface area contributed by atoms with Gasteiger partial charge in [0.15, 0.2) is 0 Å². The van der Waals surface area contributed by atoms with E-state index in [0.29, 0.717) is 5.92 Å². The second-order valence-corrected chi connectivity index (χ2v) is 5.73. The molecule has 1 atom stereocenters. The predicted octanol–water partition coefficient (Wildman–Crippen LogP) is 3.74. The summed E-state index contributed by atoms with van der Waals surface area (Å²) in [5.74, 6) is 0.492. The molecule has 2 N–H and O–H groups in total. The Morgan fingerprint density at radius 3 is 2.94 bits per heavy atom. The lowest BCUT2D eigenvalue weighted by atomic mass is 9.97. The third kappa shape index (κ3) is 3.27. The maximum absolute atomic E-state index is 13.1. The van der Waals surface area contributed by atoms with Crippen LogP contribution in [0.15, 0.2) is 18.2 Å². The summed E-state index contributed by atoms with van der Waals surface area (Å²) in [7, 11) is 0. The molecule has 4 heteroatoms. The number of rotatable bonds is 6. The van der Waals surface area contributed by atoms with Gasteiger partial charge in [-0.2, -0.15) is 0 Å². The van der Waals surface area contributed by atoms with E-state index in [2.05, 4.69) is 11.9 Å². The third-order valence-corrected chi connectivity index (χ3v) is 4.39. The lowest BCUT2D eigenvalue weighted by Gasteiger charge is -2.11. The first-order valence-corrected chi connectivity index (χ1v) is 7.29. The van der Waals surface area contributed by atoms with Gasteiger partial charge >= 0.3 is 0 Å². The number of benzene rings is 1. The molecule has 2 rings (SSSR count). The number of fused-ring (bicyclic) bond motifs is 1. The van der Waals surface area contributed by atoms with Gasteiger partial charge in [0.05, 0.1) is 15.2 Å². The molecule has 1 heterocycles. The van der Waals surface area contributed by atoms with E-state index in [-0.39, 0.29) is 5.82 Å². The number of aromatic nitrogens is 1. The Bertz CT molecular complexity index is 509. The van der Waals surface area contributed by atoms with Crippen molar-refractivity contribution in [1.29, 1.82) is 0 Å². The molecule has 0 spiro atoms. The summed E-state index contributed by atoms with van der Waals surface area (Å²) >= 11 is 1.60. The van der Waals surface area contributed by atoms with Crippen LogP contribution in [-0.4, -0.2) is 11.5 Å². The zero-order chi connectivity index (χ0) is 13.0. The summed E-state index contributed by atoms with van der Waals surface area (Å²) in [6.45, 7) is 2.96. The Kier molecular flexibility index (Phi) is 4.66. The molecule has 1 aromatic carbocycles. The van der Waals surface area contributed by atoms with Gasteiger partial charge in [0.25, 0.3) is 0 Å². The SMILES string of the molecule is CCC(CCN)CCc1nc2ccc(F)cc2s1. The van der Waals surface area contributed by atoms with Gasteiger partial charge in [0.2, 0.25) is 0 Å². The van der Waals surface area contributed by atoms with Crippen LogP contribution in [0.25, 0.3) is 10.2 Å². The molecule has 0 bridgehead atoms. The summed E-state index contributed by atoms with van der Waals surface area (Å²) in [6, 6.07) is 4.78. The van der Waals surface area contributed by atoms with Crippen molar-refractivity contribution >= 4 is 21.6 Å². The average molecular weight is 266 g/mol. The zero-order valence-corrected chi connectivity index (χ0v) is 11.5. The molecule has 0 fully saturated rings. The van der Waals surface area contributed by atoms with E-state index in [9.17, 15) is 4.39 Å². The number of aryl methyl sites for hydroxylation is 1. The van der Waals surface area contributed by atoms with Crippen LogP contribution in [-0.2, 0) is 6.42 Å². The van der Waals surface area contributed by atoms with E-state index < -0.39 is 0 Å². The van der Waals surface area contributed by atoms with E-state index in [1.807, 2.05) is 0 Å². The summed E-state index contributed by atoms with van der Waals surface area (Å²) in [6.07, 6.45) is 4.34. The number of nitrogens with zero attached hydrogens (tertiary/aromatic N) is 1. The Morgan fingerprint density at radius 1 is 1.39 bits per heavy atom. The molecule has 0 saturated heterocycles. The van der Waals surface area contributed by atoms with E-state index in [1.54, 1.807) is 23.5 Å². The molecule has 0 saturated carbocycles. The van der Waals surface area contributed by atoms with E-state index in [0.717, 1.165) is 47.5 Å². The zero-order valence-electron chi connectivity index (χ0n) is 10.7. The monoisotopic (exact) mass is 266 g/mol. The van der Waals surface area contributed by atoms with Crippen molar-refractivity contribution in [3.8, 4) is 0 Å². The minimum absolute atomic E-state index is 0.188. The van der Waals surface area contributed by atoms with Crippen LogP contribution >= 0.6 is 11.3 Å². The molecule has 0 amide bonds. The van der Waals surface area contributed by atoms with Gasteiger partial charge in [-0.25, -0.2) is 9.37 Å². The van der Waals surface area contributed by atoms with Crippen molar-refractivity contribution < 1.29 is 4.39 Å². The number of hydrogen-bond donors (Lipinski definition) is 1. The molecule has 2 nitrogen and oxygen atoms in total. The number of halogens is 1.